The highest BCUT2D eigenvalue weighted by atomic mass is 32.2. The smallest absolute Gasteiger partial charge is 0.344 e. The number of anilines is 1. The van der Waals surface area contributed by atoms with E-state index in [-0.39, 0.29) is 16.6 Å². The predicted octanol–water partition coefficient (Wildman–Crippen LogP) is 4.65. The zero-order valence-electron chi connectivity index (χ0n) is 19.2. The quantitative estimate of drug-likeness (QED) is 0.561. The number of benzene rings is 2. The Morgan fingerprint density at radius 1 is 1.03 bits per heavy atom. The predicted molar refractivity (Wildman–Crippen MR) is 125 cm³/mol. The maximum absolute atomic E-state index is 12.5. The van der Waals surface area contributed by atoms with Crippen molar-refractivity contribution in [2.75, 3.05) is 11.3 Å². The second-order valence-electron chi connectivity index (χ2n) is 8.93. The van der Waals surface area contributed by atoms with Crippen LogP contribution in [0.25, 0.3) is 0 Å². The largest absolute Gasteiger partial charge is 0.460 e. The third kappa shape index (κ3) is 6.81. The minimum absolute atomic E-state index is 0.00783. The van der Waals surface area contributed by atoms with Crippen LogP contribution in [-0.2, 0) is 24.3 Å². The van der Waals surface area contributed by atoms with Crippen LogP contribution < -0.4 is 4.72 Å². The summed E-state index contributed by atoms with van der Waals surface area (Å²) in [5, 5.41) is 0. The van der Waals surface area contributed by atoms with Crippen molar-refractivity contribution in [3.63, 3.8) is 0 Å². The Labute approximate surface area is 195 Å². The second kappa shape index (κ2) is 10.8. The molecule has 0 aromatic heterocycles. The van der Waals surface area contributed by atoms with Crippen LogP contribution in [0.3, 0.4) is 0 Å². The highest BCUT2D eigenvalue weighted by Crippen LogP contribution is 2.35. The van der Waals surface area contributed by atoms with Gasteiger partial charge in [-0.1, -0.05) is 45.4 Å². The Kier molecular flexibility index (Phi) is 8.13. The molecule has 3 atom stereocenters. The van der Waals surface area contributed by atoms with E-state index in [1.54, 1.807) is 30.3 Å². The summed E-state index contributed by atoms with van der Waals surface area (Å²) >= 11 is 0. The third-order valence-electron chi connectivity index (χ3n) is 5.99. The lowest BCUT2D eigenvalue weighted by Gasteiger charge is -2.36. The molecule has 1 aliphatic carbocycles. The molecule has 0 amide bonds. The van der Waals surface area contributed by atoms with E-state index in [1.807, 2.05) is 0 Å². The fraction of sp³-hybridized carbons (Fsp3) is 0.440. The van der Waals surface area contributed by atoms with Gasteiger partial charge in [0.15, 0.2) is 6.61 Å². The van der Waals surface area contributed by atoms with Crippen LogP contribution in [0.5, 0.6) is 0 Å². The van der Waals surface area contributed by atoms with Crippen LogP contribution in [0.4, 0.5) is 5.69 Å². The van der Waals surface area contributed by atoms with E-state index in [9.17, 15) is 18.0 Å². The second-order valence-corrected chi connectivity index (χ2v) is 10.6. The lowest BCUT2D eigenvalue weighted by Crippen LogP contribution is -2.36. The number of hydrogen-bond acceptors (Lipinski definition) is 6. The van der Waals surface area contributed by atoms with Crippen LogP contribution in [0.15, 0.2) is 59.5 Å². The highest BCUT2D eigenvalue weighted by Gasteiger charge is 2.33. The summed E-state index contributed by atoms with van der Waals surface area (Å²) in [6, 6.07) is 13.8. The Morgan fingerprint density at radius 3 is 2.33 bits per heavy atom. The number of para-hydroxylation sites is 1. The number of rotatable bonds is 8. The minimum Gasteiger partial charge on any atom is -0.460 e. The van der Waals surface area contributed by atoms with Gasteiger partial charge in [0.2, 0.25) is 0 Å². The van der Waals surface area contributed by atoms with Gasteiger partial charge < -0.3 is 9.47 Å². The van der Waals surface area contributed by atoms with Crippen molar-refractivity contribution >= 4 is 27.6 Å². The Morgan fingerprint density at radius 2 is 1.70 bits per heavy atom. The normalized spacial score (nSPS) is 20.8. The van der Waals surface area contributed by atoms with Gasteiger partial charge in [0.05, 0.1) is 10.5 Å². The number of carbonyl (C=O) groups is 2. The summed E-state index contributed by atoms with van der Waals surface area (Å²) in [6.07, 6.45) is 2.79. The van der Waals surface area contributed by atoms with Crippen LogP contribution in [-0.4, -0.2) is 33.1 Å². The maximum Gasteiger partial charge on any atom is 0.344 e. The molecule has 33 heavy (non-hydrogen) atoms. The van der Waals surface area contributed by atoms with Gasteiger partial charge in [-0.3, -0.25) is 4.72 Å². The van der Waals surface area contributed by atoms with Crippen molar-refractivity contribution in [1.29, 1.82) is 0 Å². The van der Waals surface area contributed by atoms with E-state index in [0.29, 0.717) is 23.4 Å². The molecule has 0 heterocycles. The first-order chi connectivity index (χ1) is 15.7. The lowest BCUT2D eigenvalue weighted by atomic mass is 9.75. The molecule has 0 aliphatic heterocycles. The van der Waals surface area contributed by atoms with E-state index >= 15 is 0 Å². The van der Waals surface area contributed by atoms with Crippen LogP contribution in [0.2, 0.25) is 0 Å². The summed E-state index contributed by atoms with van der Waals surface area (Å²) in [5.74, 6) is -0.0842. The molecule has 0 saturated heterocycles. The molecule has 3 unspecified atom stereocenters. The fourth-order valence-electron chi connectivity index (χ4n) is 4.15. The molecule has 8 heteroatoms. The molecule has 1 aliphatic rings. The number of esters is 2. The molecule has 1 fully saturated rings. The monoisotopic (exact) mass is 473 g/mol. The topological polar surface area (TPSA) is 98.8 Å². The van der Waals surface area contributed by atoms with Gasteiger partial charge in [-0.05, 0) is 67.0 Å². The van der Waals surface area contributed by atoms with Gasteiger partial charge in [-0.15, -0.1) is 0 Å². The zero-order valence-corrected chi connectivity index (χ0v) is 20.0. The van der Waals surface area contributed by atoms with E-state index in [0.717, 1.165) is 19.3 Å². The molecule has 178 valence electrons. The standard InChI is InChI=1S/C25H31NO6S/c1-17(2)22-14-9-18(3)15-23(22)32-24(27)16-31-25(28)19-10-12-21(13-11-19)33(29,30)26-20-7-5-4-6-8-20/h4-8,10-13,17-18,22-23,26H,9,14-16H2,1-3H3. The molecular formula is C25H31NO6S. The first kappa shape index (κ1) is 24.8. The summed E-state index contributed by atoms with van der Waals surface area (Å²) in [7, 11) is -3.79. The van der Waals surface area contributed by atoms with E-state index in [2.05, 4.69) is 25.5 Å². The Bertz CT molecular complexity index is 1050. The first-order valence-electron chi connectivity index (χ1n) is 11.2. The molecule has 0 bridgehead atoms. The Balaban J connectivity index is 1.54. The van der Waals surface area contributed by atoms with Crippen LogP contribution in [0, 0.1) is 17.8 Å². The number of nitrogens with one attached hydrogen (secondary N) is 1. The third-order valence-corrected chi connectivity index (χ3v) is 7.39. The molecule has 7 nitrogen and oxygen atoms in total. The van der Waals surface area contributed by atoms with Crippen molar-refractivity contribution in [2.24, 2.45) is 17.8 Å². The fourth-order valence-corrected chi connectivity index (χ4v) is 5.21. The number of ether oxygens (including phenoxy) is 2. The molecule has 3 rings (SSSR count). The van der Waals surface area contributed by atoms with Crippen molar-refractivity contribution in [1.82, 2.24) is 0 Å². The first-order valence-corrected chi connectivity index (χ1v) is 12.7. The average Bonchev–Trinajstić information content (AvgIpc) is 2.78. The van der Waals surface area contributed by atoms with E-state index in [4.69, 9.17) is 9.47 Å². The van der Waals surface area contributed by atoms with Gasteiger partial charge in [0.1, 0.15) is 6.10 Å². The summed E-state index contributed by atoms with van der Waals surface area (Å²) < 4.78 is 38.2. The van der Waals surface area contributed by atoms with Crippen molar-refractivity contribution in [3.05, 3.63) is 60.2 Å². The van der Waals surface area contributed by atoms with Crippen LogP contribution >= 0.6 is 0 Å². The van der Waals surface area contributed by atoms with Gasteiger partial charge in [-0.25, -0.2) is 18.0 Å². The van der Waals surface area contributed by atoms with Gasteiger partial charge >= 0.3 is 11.9 Å². The van der Waals surface area contributed by atoms with Gasteiger partial charge in [-0.2, -0.15) is 0 Å². The molecule has 0 spiro atoms. The lowest BCUT2D eigenvalue weighted by molar-refractivity contribution is -0.159. The number of carbonyl (C=O) groups excluding carboxylic acids is 2. The SMILES string of the molecule is CC1CCC(C(C)C)C(OC(=O)COC(=O)c2ccc(S(=O)(=O)Nc3ccccc3)cc2)C1. The zero-order chi connectivity index (χ0) is 24.0. The summed E-state index contributed by atoms with van der Waals surface area (Å²) in [6.45, 7) is 5.92. The minimum atomic E-state index is -3.79. The molecule has 1 N–H and O–H groups in total. The molecule has 2 aromatic carbocycles. The summed E-state index contributed by atoms with van der Waals surface area (Å²) in [4.78, 5) is 24.6. The molecule has 1 saturated carbocycles. The van der Waals surface area contributed by atoms with Crippen molar-refractivity contribution in [2.45, 2.75) is 51.0 Å². The number of sulfonamides is 1. The number of hydrogen-bond donors (Lipinski definition) is 1. The van der Waals surface area contributed by atoms with E-state index in [1.165, 1.54) is 24.3 Å². The highest BCUT2D eigenvalue weighted by molar-refractivity contribution is 7.92. The van der Waals surface area contributed by atoms with Gasteiger partial charge in [0.25, 0.3) is 10.0 Å². The van der Waals surface area contributed by atoms with Crippen molar-refractivity contribution < 1.29 is 27.5 Å². The molecule has 2 aromatic rings. The average molecular weight is 474 g/mol. The molecular weight excluding hydrogens is 442 g/mol. The van der Waals surface area contributed by atoms with E-state index < -0.39 is 28.6 Å². The van der Waals surface area contributed by atoms with Crippen molar-refractivity contribution in [3.8, 4) is 0 Å². The van der Waals surface area contributed by atoms with Gasteiger partial charge in [0, 0.05) is 5.69 Å². The van der Waals surface area contributed by atoms with Crippen LogP contribution in [0.1, 0.15) is 50.4 Å². The Hall–Kier alpha value is -2.87. The maximum atomic E-state index is 12.5. The molecule has 0 radical (unpaired) electrons. The summed E-state index contributed by atoms with van der Waals surface area (Å²) in [5.41, 5.74) is 0.583.